The average molecular weight is 395 g/mol. The molecule has 0 saturated heterocycles. The molecule has 1 aliphatic rings. The van der Waals surface area contributed by atoms with Crippen molar-refractivity contribution in [1.29, 1.82) is 0 Å². The van der Waals surface area contributed by atoms with Crippen molar-refractivity contribution in [3.63, 3.8) is 0 Å². The van der Waals surface area contributed by atoms with Gasteiger partial charge in [0.1, 0.15) is 6.04 Å². The van der Waals surface area contributed by atoms with Crippen LogP contribution >= 0.6 is 11.9 Å². The maximum absolute atomic E-state index is 13.7. The van der Waals surface area contributed by atoms with Gasteiger partial charge in [0, 0.05) is 23.7 Å². The van der Waals surface area contributed by atoms with Crippen molar-refractivity contribution in [3.05, 3.63) is 58.7 Å². The van der Waals surface area contributed by atoms with Crippen molar-refractivity contribution in [2.75, 3.05) is 18.0 Å². The molecule has 2 nitrogen and oxygen atoms in total. The summed E-state index contributed by atoms with van der Waals surface area (Å²) in [5.74, 6) is 0. The molecule has 0 aromatic heterocycles. The van der Waals surface area contributed by atoms with E-state index in [-0.39, 0.29) is 6.54 Å². The van der Waals surface area contributed by atoms with Gasteiger partial charge in [0.05, 0.1) is 0 Å². The van der Waals surface area contributed by atoms with E-state index in [1.54, 1.807) is 0 Å². The third-order valence-electron chi connectivity index (χ3n) is 4.91. The number of aryl methyl sites for hydroxylation is 4. The lowest BCUT2D eigenvalue weighted by Gasteiger charge is -2.35. The highest BCUT2D eigenvalue weighted by molar-refractivity contribution is 7.97. The number of halogens is 3. The predicted octanol–water partition coefficient (Wildman–Crippen LogP) is 5.59. The van der Waals surface area contributed by atoms with Gasteiger partial charge < -0.3 is 4.90 Å². The maximum atomic E-state index is 13.7. The van der Waals surface area contributed by atoms with Crippen molar-refractivity contribution in [2.45, 2.75) is 50.7 Å². The molecule has 1 atom stereocenters. The fraction of sp³-hybridized carbons (Fsp3) is 0.429. The van der Waals surface area contributed by atoms with E-state index in [0.717, 1.165) is 57.6 Å². The first kappa shape index (κ1) is 20.1. The normalized spacial score (nSPS) is 15.6. The predicted molar refractivity (Wildman–Crippen MR) is 106 cm³/mol. The topological polar surface area (TPSA) is 15.3 Å². The van der Waals surface area contributed by atoms with Crippen LogP contribution in [0.2, 0.25) is 0 Å². The maximum Gasteiger partial charge on any atom is 0.406 e. The first-order valence-corrected chi connectivity index (χ1v) is 9.97. The molecule has 27 heavy (non-hydrogen) atoms. The zero-order valence-electron chi connectivity index (χ0n) is 15.9. The molecule has 2 aromatic rings. The molecule has 2 aromatic carbocycles. The molecule has 1 aliphatic heterocycles. The van der Waals surface area contributed by atoms with Gasteiger partial charge in [0.15, 0.2) is 0 Å². The number of nitrogens with one attached hydrogen (secondary N) is 1. The van der Waals surface area contributed by atoms with Crippen molar-refractivity contribution in [1.82, 2.24) is 4.72 Å². The van der Waals surface area contributed by atoms with Crippen LogP contribution in [0.4, 0.5) is 18.9 Å². The summed E-state index contributed by atoms with van der Waals surface area (Å²) in [5, 5.41) is 0. The van der Waals surface area contributed by atoms with Crippen LogP contribution in [0, 0.1) is 20.8 Å². The minimum absolute atomic E-state index is 0.0858. The van der Waals surface area contributed by atoms with Gasteiger partial charge in [0.2, 0.25) is 0 Å². The molecule has 0 radical (unpaired) electrons. The molecule has 1 N–H and O–H groups in total. The van der Waals surface area contributed by atoms with E-state index in [2.05, 4.69) is 4.72 Å². The van der Waals surface area contributed by atoms with E-state index in [1.165, 1.54) is 0 Å². The number of alkyl halides is 3. The fourth-order valence-corrected chi connectivity index (χ4v) is 4.60. The van der Waals surface area contributed by atoms with Gasteiger partial charge in [0.25, 0.3) is 0 Å². The number of benzene rings is 2. The highest BCUT2D eigenvalue weighted by atomic mass is 32.2. The summed E-state index contributed by atoms with van der Waals surface area (Å²) in [5.41, 5.74) is 5.16. The largest absolute Gasteiger partial charge is 0.406 e. The summed E-state index contributed by atoms with van der Waals surface area (Å²) in [6.45, 7) is 6.44. The standard InChI is InChI=1S/C21H25F3N2S/c1-14-11-15(2)20(16(3)12-14)27-25-19(21(22,23)24)13-26-10-6-8-17-7-4-5-9-18(17)26/h4-5,7,9,11-12,19,25H,6,8,10,13H2,1-3H3. The highest BCUT2D eigenvalue weighted by Crippen LogP contribution is 2.32. The molecule has 0 bridgehead atoms. The molecule has 0 fully saturated rings. The number of fused-ring (bicyclic) bond motifs is 1. The second-order valence-electron chi connectivity index (χ2n) is 7.22. The summed E-state index contributed by atoms with van der Waals surface area (Å²) in [4.78, 5) is 2.73. The minimum Gasteiger partial charge on any atom is -0.369 e. The molecule has 0 saturated carbocycles. The van der Waals surface area contributed by atoms with E-state index in [0.29, 0.717) is 6.54 Å². The minimum atomic E-state index is -4.31. The second-order valence-corrected chi connectivity index (χ2v) is 8.07. The van der Waals surface area contributed by atoms with Crippen LogP contribution in [0.5, 0.6) is 0 Å². The van der Waals surface area contributed by atoms with Gasteiger partial charge in [-0.2, -0.15) is 13.2 Å². The molecule has 0 aliphatic carbocycles. The SMILES string of the molecule is Cc1cc(C)c(SNC(CN2CCCc3ccccc32)C(F)(F)F)c(C)c1. The first-order valence-electron chi connectivity index (χ1n) is 9.15. The number of anilines is 1. The zero-order chi connectivity index (χ0) is 19.6. The summed E-state index contributed by atoms with van der Waals surface area (Å²) < 4.78 is 43.9. The van der Waals surface area contributed by atoms with Gasteiger partial charge in [-0.05, 0) is 68.3 Å². The number of nitrogens with zero attached hydrogens (tertiary/aromatic N) is 1. The quantitative estimate of drug-likeness (QED) is 0.665. The van der Waals surface area contributed by atoms with Crippen LogP contribution in [-0.4, -0.2) is 25.3 Å². The van der Waals surface area contributed by atoms with E-state index < -0.39 is 12.2 Å². The molecule has 0 spiro atoms. The Hall–Kier alpha value is -1.66. The third kappa shape index (κ3) is 4.79. The van der Waals surface area contributed by atoms with E-state index in [1.807, 2.05) is 62.1 Å². The van der Waals surface area contributed by atoms with Crippen LogP contribution in [-0.2, 0) is 6.42 Å². The Morgan fingerprint density at radius 1 is 1.11 bits per heavy atom. The Labute approximate surface area is 163 Å². The third-order valence-corrected chi connectivity index (χ3v) is 6.16. The molecular formula is C21H25F3N2S. The van der Waals surface area contributed by atoms with Crippen molar-refractivity contribution >= 4 is 17.6 Å². The molecule has 146 valence electrons. The summed E-state index contributed by atoms with van der Waals surface area (Å²) in [6, 6.07) is 10.2. The zero-order valence-corrected chi connectivity index (χ0v) is 16.7. The lowest BCUT2D eigenvalue weighted by atomic mass is 10.0. The average Bonchev–Trinajstić information content (AvgIpc) is 2.59. The van der Waals surface area contributed by atoms with Gasteiger partial charge in [-0.1, -0.05) is 35.9 Å². The van der Waals surface area contributed by atoms with Crippen LogP contribution in [0.25, 0.3) is 0 Å². The Kier molecular flexibility index (Phi) is 6.06. The van der Waals surface area contributed by atoms with Crippen molar-refractivity contribution in [2.24, 2.45) is 0 Å². The molecule has 3 rings (SSSR count). The highest BCUT2D eigenvalue weighted by Gasteiger charge is 2.41. The molecule has 6 heteroatoms. The Morgan fingerprint density at radius 2 is 1.78 bits per heavy atom. The number of hydrogen-bond donors (Lipinski definition) is 1. The molecule has 1 unspecified atom stereocenters. The van der Waals surface area contributed by atoms with Crippen molar-refractivity contribution in [3.8, 4) is 0 Å². The fourth-order valence-electron chi connectivity index (χ4n) is 3.69. The van der Waals surface area contributed by atoms with E-state index in [9.17, 15) is 13.2 Å². The van der Waals surface area contributed by atoms with Gasteiger partial charge in [-0.3, -0.25) is 0 Å². The Balaban J connectivity index is 1.77. The van der Waals surface area contributed by atoms with Crippen LogP contribution < -0.4 is 9.62 Å². The summed E-state index contributed by atoms with van der Waals surface area (Å²) in [6.07, 6.45) is -2.51. The summed E-state index contributed by atoms with van der Waals surface area (Å²) >= 11 is 1.09. The van der Waals surface area contributed by atoms with Crippen LogP contribution in [0.15, 0.2) is 41.3 Å². The molecular weight excluding hydrogens is 369 g/mol. The lowest BCUT2D eigenvalue weighted by Crippen LogP contribution is -2.49. The molecule has 1 heterocycles. The van der Waals surface area contributed by atoms with Crippen molar-refractivity contribution < 1.29 is 13.2 Å². The number of hydrogen-bond acceptors (Lipinski definition) is 3. The summed E-state index contributed by atoms with van der Waals surface area (Å²) in [7, 11) is 0. The number of rotatable bonds is 5. The van der Waals surface area contributed by atoms with E-state index in [4.69, 9.17) is 0 Å². The molecule has 0 amide bonds. The Morgan fingerprint density at radius 3 is 2.44 bits per heavy atom. The lowest BCUT2D eigenvalue weighted by molar-refractivity contribution is -0.148. The van der Waals surface area contributed by atoms with Gasteiger partial charge in [-0.15, -0.1) is 0 Å². The first-order chi connectivity index (χ1) is 12.8. The Bertz CT molecular complexity index is 781. The van der Waals surface area contributed by atoms with Crippen LogP contribution in [0.1, 0.15) is 28.7 Å². The second kappa shape index (κ2) is 8.15. The van der Waals surface area contributed by atoms with Crippen LogP contribution in [0.3, 0.4) is 0 Å². The number of para-hydroxylation sites is 1. The van der Waals surface area contributed by atoms with Gasteiger partial charge in [-0.25, -0.2) is 4.72 Å². The smallest absolute Gasteiger partial charge is 0.369 e. The monoisotopic (exact) mass is 394 g/mol. The van der Waals surface area contributed by atoms with Gasteiger partial charge >= 0.3 is 6.18 Å². The van der Waals surface area contributed by atoms with E-state index >= 15 is 0 Å².